The zero-order valence-corrected chi connectivity index (χ0v) is 15.9. The number of benzene rings is 1. The Hall–Kier alpha value is -2.14. The van der Waals surface area contributed by atoms with Gasteiger partial charge in [0.05, 0.1) is 12.3 Å². The molecule has 0 spiro atoms. The molecule has 1 aromatic heterocycles. The summed E-state index contributed by atoms with van der Waals surface area (Å²) in [5, 5.41) is 3.96. The van der Waals surface area contributed by atoms with E-state index in [9.17, 15) is 4.79 Å². The van der Waals surface area contributed by atoms with Crippen LogP contribution in [-0.4, -0.2) is 29.7 Å². The fourth-order valence-electron chi connectivity index (χ4n) is 3.15. The van der Waals surface area contributed by atoms with Crippen molar-refractivity contribution < 1.29 is 14.3 Å². The molecular weight excluding hydrogens is 328 g/mol. The van der Waals surface area contributed by atoms with Gasteiger partial charge in [-0.15, -0.1) is 0 Å². The lowest BCUT2D eigenvalue weighted by molar-refractivity contribution is -0.142. The first-order chi connectivity index (χ1) is 12.6. The first-order valence-electron chi connectivity index (χ1n) is 9.56. The zero-order chi connectivity index (χ0) is 18.6. The van der Waals surface area contributed by atoms with Gasteiger partial charge in [0.15, 0.2) is 0 Å². The number of ether oxygens (including phenoxy) is 2. The molecular formula is C21H28N2O3. The number of rotatable bonds is 9. The minimum atomic E-state index is -0.776. The standard InChI is InChI=1S/C21H28N2O3/c1-4-13-25-18-11-10-17(16-7-6-12-22-19(16)18)23-20(24)21(3,15-8-9-15)26-14-5-2/h6-7,10-12,15H,4-5,8-9,13-14H2,1-3H3,(H,23,24). The van der Waals surface area contributed by atoms with Crippen LogP contribution < -0.4 is 10.1 Å². The van der Waals surface area contributed by atoms with Gasteiger partial charge in [-0.1, -0.05) is 13.8 Å². The molecule has 1 amide bonds. The van der Waals surface area contributed by atoms with Crippen molar-refractivity contribution in [3.63, 3.8) is 0 Å². The fourth-order valence-corrected chi connectivity index (χ4v) is 3.15. The van der Waals surface area contributed by atoms with E-state index in [1.165, 1.54) is 0 Å². The third-order valence-corrected chi connectivity index (χ3v) is 4.86. The molecule has 26 heavy (non-hydrogen) atoms. The molecule has 1 aromatic carbocycles. The average Bonchev–Trinajstić information content (AvgIpc) is 3.51. The summed E-state index contributed by atoms with van der Waals surface area (Å²) in [6.45, 7) is 7.27. The smallest absolute Gasteiger partial charge is 0.256 e. The van der Waals surface area contributed by atoms with E-state index >= 15 is 0 Å². The van der Waals surface area contributed by atoms with E-state index in [1.54, 1.807) is 6.20 Å². The van der Waals surface area contributed by atoms with Gasteiger partial charge in [0, 0.05) is 18.2 Å². The van der Waals surface area contributed by atoms with E-state index in [0.717, 1.165) is 48.0 Å². The number of pyridine rings is 1. The predicted molar refractivity (Wildman–Crippen MR) is 104 cm³/mol. The summed E-state index contributed by atoms with van der Waals surface area (Å²) < 4.78 is 11.8. The molecule has 5 heteroatoms. The first-order valence-corrected chi connectivity index (χ1v) is 9.56. The van der Waals surface area contributed by atoms with Crippen LogP contribution >= 0.6 is 0 Å². The van der Waals surface area contributed by atoms with Crippen molar-refractivity contribution in [2.45, 2.75) is 52.1 Å². The number of nitrogens with zero attached hydrogens (tertiary/aromatic N) is 1. The number of amides is 1. The lowest BCUT2D eigenvalue weighted by Crippen LogP contribution is -2.45. The van der Waals surface area contributed by atoms with Gasteiger partial charge in [-0.2, -0.15) is 0 Å². The number of fused-ring (bicyclic) bond motifs is 1. The van der Waals surface area contributed by atoms with Crippen LogP contribution in [0.3, 0.4) is 0 Å². The molecule has 1 heterocycles. The summed E-state index contributed by atoms with van der Waals surface area (Å²) in [4.78, 5) is 17.5. The molecule has 1 unspecified atom stereocenters. The highest BCUT2D eigenvalue weighted by Crippen LogP contribution is 2.43. The third-order valence-electron chi connectivity index (χ3n) is 4.86. The van der Waals surface area contributed by atoms with Gasteiger partial charge in [-0.25, -0.2) is 0 Å². The highest BCUT2D eigenvalue weighted by molar-refractivity contribution is 6.05. The SMILES string of the molecule is CCCOc1ccc(NC(=O)C(C)(OCCC)C2CC2)c2cccnc12. The van der Waals surface area contributed by atoms with E-state index in [4.69, 9.17) is 9.47 Å². The molecule has 0 radical (unpaired) electrons. The monoisotopic (exact) mass is 356 g/mol. The summed E-state index contributed by atoms with van der Waals surface area (Å²) >= 11 is 0. The van der Waals surface area contributed by atoms with Crippen molar-refractivity contribution >= 4 is 22.5 Å². The third kappa shape index (κ3) is 3.83. The number of anilines is 1. The highest BCUT2D eigenvalue weighted by atomic mass is 16.5. The highest BCUT2D eigenvalue weighted by Gasteiger charge is 2.48. The van der Waals surface area contributed by atoms with Gasteiger partial charge in [-0.3, -0.25) is 9.78 Å². The fraction of sp³-hybridized carbons (Fsp3) is 0.524. The Morgan fingerprint density at radius 2 is 2.00 bits per heavy atom. The minimum Gasteiger partial charge on any atom is -0.491 e. The topological polar surface area (TPSA) is 60.5 Å². The van der Waals surface area contributed by atoms with Gasteiger partial charge in [0.2, 0.25) is 0 Å². The van der Waals surface area contributed by atoms with Crippen LogP contribution in [0.4, 0.5) is 5.69 Å². The predicted octanol–water partition coefficient (Wildman–Crippen LogP) is 4.56. The first kappa shape index (κ1) is 18.6. The number of aromatic nitrogens is 1. The summed E-state index contributed by atoms with van der Waals surface area (Å²) in [5.41, 5.74) is 0.734. The van der Waals surface area contributed by atoms with E-state index in [2.05, 4.69) is 24.1 Å². The number of nitrogens with one attached hydrogen (secondary N) is 1. The maximum Gasteiger partial charge on any atom is 0.256 e. The molecule has 1 atom stereocenters. The lowest BCUT2D eigenvalue weighted by Gasteiger charge is -2.29. The van der Waals surface area contributed by atoms with Crippen LogP contribution in [0.2, 0.25) is 0 Å². The van der Waals surface area contributed by atoms with Gasteiger partial charge in [0.25, 0.3) is 5.91 Å². The molecule has 3 rings (SSSR count). The second-order valence-electron chi connectivity index (χ2n) is 7.04. The Bertz CT molecular complexity index is 773. The van der Waals surface area contributed by atoms with E-state index in [0.29, 0.717) is 19.1 Å². The minimum absolute atomic E-state index is 0.0826. The Morgan fingerprint density at radius 3 is 2.69 bits per heavy atom. The summed E-state index contributed by atoms with van der Waals surface area (Å²) in [6, 6.07) is 7.59. The molecule has 140 valence electrons. The second kappa shape index (κ2) is 8.04. The summed E-state index contributed by atoms with van der Waals surface area (Å²) in [6.07, 6.45) is 5.65. The molecule has 2 aromatic rings. The molecule has 5 nitrogen and oxygen atoms in total. The molecule has 0 saturated heterocycles. The molecule has 1 aliphatic rings. The van der Waals surface area contributed by atoms with Crippen LogP contribution in [0, 0.1) is 5.92 Å². The van der Waals surface area contributed by atoms with Gasteiger partial charge < -0.3 is 14.8 Å². The van der Waals surface area contributed by atoms with E-state index in [-0.39, 0.29) is 5.91 Å². The maximum absolute atomic E-state index is 13.0. The largest absolute Gasteiger partial charge is 0.491 e. The molecule has 1 saturated carbocycles. The van der Waals surface area contributed by atoms with Crippen molar-refractivity contribution in [1.82, 2.24) is 4.98 Å². The number of carbonyl (C=O) groups excluding carboxylic acids is 1. The van der Waals surface area contributed by atoms with Crippen molar-refractivity contribution in [3.8, 4) is 5.75 Å². The van der Waals surface area contributed by atoms with E-state index in [1.807, 2.05) is 31.2 Å². The van der Waals surface area contributed by atoms with Gasteiger partial charge >= 0.3 is 0 Å². The molecule has 1 aliphatic carbocycles. The number of carbonyl (C=O) groups is 1. The van der Waals surface area contributed by atoms with Gasteiger partial charge in [-0.05, 0) is 62.8 Å². The van der Waals surface area contributed by atoms with Crippen LogP contribution in [0.25, 0.3) is 10.9 Å². The lowest BCUT2D eigenvalue weighted by atomic mass is 9.98. The Balaban J connectivity index is 1.87. The average molecular weight is 356 g/mol. The Kier molecular flexibility index (Phi) is 5.77. The number of hydrogen-bond donors (Lipinski definition) is 1. The maximum atomic E-state index is 13.0. The molecule has 1 N–H and O–H groups in total. The Labute approximate surface area is 155 Å². The van der Waals surface area contributed by atoms with E-state index < -0.39 is 5.60 Å². The molecule has 0 aliphatic heterocycles. The number of hydrogen-bond acceptors (Lipinski definition) is 4. The van der Waals surface area contributed by atoms with Crippen molar-refractivity contribution in [2.24, 2.45) is 5.92 Å². The van der Waals surface area contributed by atoms with Crippen LogP contribution in [0.15, 0.2) is 30.5 Å². The Morgan fingerprint density at radius 1 is 1.23 bits per heavy atom. The van der Waals surface area contributed by atoms with Gasteiger partial charge in [0.1, 0.15) is 16.9 Å². The van der Waals surface area contributed by atoms with Crippen LogP contribution in [-0.2, 0) is 9.53 Å². The zero-order valence-electron chi connectivity index (χ0n) is 15.9. The molecule has 1 fully saturated rings. The second-order valence-corrected chi connectivity index (χ2v) is 7.04. The summed E-state index contributed by atoms with van der Waals surface area (Å²) in [5.74, 6) is 0.957. The van der Waals surface area contributed by atoms with Crippen molar-refractivity contribution in [2.75, 3.05) is 18.5 Å². The summed E-state index contributed by atoms with van der Waals surface area (Å²) in [7, 11) is 0. The quantitative estimate of drug-likeness (QED) is 0.716. The van der Waals surface area contributed by atoms with Crippen molar-refractivity contribution in [3.05, 3.63) is 30.5 Å². The van der Waals surface area contributed by atoms with Crippen LogP contribution in [0.1, 0.15) is 46.5 Å². The van der Waals surface area contributed by atoms with Crippen molar-refractivity contribution in [1.29, 1.82) is 0 Å². The normalized spacial score (nSPS) is 16.3. The van der Waals surface area contributed by atoms with Crippen LogP contribution in [0.5, 0.6) is 5.75 Å². The molecule has 0 bridgehead atoms.